The maximum atomic E-state index is 11.9. The van der Waals surface area contributed by atoms with Crippen molar-refractivity contribution >= 4 is 29.2 Å². The zero-order chi connectivity index (χ0) is 17.5. The summed E-state index contributed by atoms with van der Waals surface area (Å²) < 4.78 is 10.2. The minimum Gasteiger partial charge on any atom is -0.495 e. The molecule has 0 aromatic heterocycles. The van der Waals surface area contributed by atoms with Gasteiger partial charge >= 0.3 is 5.97 Å². The number of hydrogen-bond acceptors (Lipinski definition) is 4. The first-order valence-electron chi connectivity index (χ1n) is 7.33. The normalized spacial score (nSPS) is 10.1. The van der Waals surface area contributed by atoms with Crippen molar-refractivity contribution in [2.75, 3.05) is 19.0 Å². The van der Waals surface area contributed by atoms with Gasteiger partial charge in [-0.15, -0.1) is 0 Å². The quantitative estimate of drug-likeness (QED) is 0.813. The number of nitrogens with one attached hydrogen (secondary N) is 1. The highest BCUT2D eigenvalue weighted by Gasteiger charge is 2.12. The maximum Gasteiger partial charge on any atom is 0.310 e. The average molecular weight is 348 g/mol. The predicted molar refractivity (Wildman–Crippen MR) is 92.5 cm³/mol. The Morgan fingerprint density at radius 1 is 1.17 bits per heavy atom. The summed E-state index contributed by atoms with van der Waals surface area (Å²) >= 11 is 5.99. The predicted octanol–water partition coefficient (Wildman–Crippen LogP) is 3.38. The molecule has 0 saturated heterocycles. The molecule has 0 saturated carbocycles. The summed E-state index contributed by atoms with van der Waals surface area (Å²) in [6.45, 7) is 1.53. The molecule has 0 spiro atoms. The second kappa shape index (κ2) is 8.36. The summed E-state index contributed by atoms with van der Waals surface area (Å²) in [7, 11) is 1.52. The van der Waals surface area contributed by atoms with E-state index in [1.165, 1.54) is 7.11 Å². The van der Waals surface area contributed by atoms with Crippen LogP contribution in [-0.2, 0) is 20.7 Å². The van der Waals surface area contributed by atoms with E-state index in [1.54, 1.807) is 36.4 Å². The SMILES string of the molecule is COc1ccc(C)cc1NC(=O)COC(=O)Cc1ccccc1Cl. The third-order valence-electron chi connectivity index (χ3n) is 3.29. The number of halogens is 1. The molecule has 0 atom stereocenters. The van der Waals surface area contributed by atoms with Gasteiger partial charge in [-0.05, 0) is 36.2 Å². The molecule has 1 amide bonds. The number of carbonyl (C=O) groups is 2. The molecule has 2 rings (SSSR count). The molecule has 1 N–H and O–H groups in total. The summed E-state index contributed by atoms with van der Waals surface area (Å²) in [6.07, 6.45) is 0.0146. The fourth-order valence-electron chi connectivity index (χ4n) is 2.10. The Balaban J connectivity index is 1.88. The molecule has 2 aromatic carbocycles. The number of ether oxygens (including phenoxy) is 2. The molecule has 6 heteroatoms. The summed E-state index contributed by atoms with van der Waals surface area (Å²) in [4.78, 5) is 23.8. The first-order valence-corrected chi connectivity index (χ1v) is 7.71. The van der Waals surface area contributed by atoms with E-state index in [2.05, 4.69) is 5.32 Å². The molecular formula is C18H18ClNO4. The zero-order valence-corrected chi connectivity index (χ0v) is 14.2. The van der Waals surface area contributed by atoms with E-state index in [0.717, 1.165) is 5.56 Å². The molecule has 24 heavy (non-hydrogen) atoms. The summed E-state index contributed by atoms with van der Waals surface area (Å²) in [5.41, 5.74) is 2.16. The Labute approximate surface area is 145 Å². The van der Waals surface area contributed by atoms with Gasteiger partial charge < -0.3 is 14.8 Å². The first kappa shape index (κ1) is 17.8. The molecule has 2 aromatic rings. The van der Waals surface area contributed by atoms with Crippen LogP contribution in [0.25, 0.3) is 0 Å². The lowest BCUT2D eigenvalue weighted by atomic mass is 10.1. The van der Waals surface area contributed by atoms with Gasteiger partial charge in [-0.2, -0.15) is 0 Å². The van der Waals surface area contributed by atoms with Crippen LogP contribution in [0.5, 0.6) is 5.75 Å². The van der Waals surface area contributed by atoms with Crippen LogP contribution in [-0.4, -0.2) is 25.6 Å². The number of anilines is 1. The monoisotopic (exact) mass is 347 g/mol. The van der Waals surface area contributed by atoms with Crippen molar-refractivity contribution in [3.63, 3.8) is 0 Å². The van der Waals surface area contributed by atoms with E-state index in [1.807, 2.05) is 13.0 Å². The number of esters is 1. The molecule has 0 radical (unpaired) electrons. The van der Waals surface area contributed by atoms with Gasteiger partial charge in [0.2, 0.25) is 0 Å². The molecule has 0 unspecified atom stereocenters. The van der Waals surface area contributed by atoms with E-state index >= 15 is 0 Å². The third-order valence-corrected chi connectivity index (χ3v) is 3.65. The molecule has 0 aliphatic rings. The van der Waals surface area contributed by atoms with E-state index in [4.69, 9.17) is 21.1 Å². The molecule has 0 fully saturated rings. The molecular weight excluding hydrogens is 330 g/mol. The zero-order valence-electron chi connectivity index (χ0n) is 13.5. The number of amides is 1. The summed E-state index contributed by atoms with van der Waals surface area (Å²) in [5, 5.41) is 3.15. The average Bonchev–Trinajstić information content (AvgIpc) is 2.55. The lowest BCUT2D eigenvalue weighted by Crippen LogP contribution is -2.22. The van der Waals surface area contributed by atoms with Crippen LogP contribution in [0, 0.1) is 6.92 Å². The van der Waals surface area contributed by atoms with Gasteiger partial charge in [0.15, 0.2) is 6.61 Å². The Kier molecular flexibility index (Phi) is 6.21. The van der Waals surface area contributed by atoms with E-state index in [-0.39, 0.29) is 13.0 Å². The molecule has 5 nitrogen and oxygen atoms in total. The van der Waals surface area contributed by atoms with Gasteiger partial charge in [0.1, 0.15) is 5.75 Å². The number of benzene rings is 2. The van der Waals surface area contributed by atoms with Crippen molar-refractivity contribution in [3.05, 3.63) is 58.6 Å². The maximum absolute atomic E-state index is 11.9. The van der Waals surface area contributed by atoms with Crippen LogP contribution >= 0.6 is 11.6 Å². The Morgan fingerprint density at radius 2 is 1.92 bits per heavy atom. The molecule has 0 aliphatic heterocycles. The summed E-state index contributed by atoms with van der Waals surface area (Å²) in [5.74, 6) is -0.419. The van der Waals surface area contributed by atoms with E-state index in [9.17, 15) is 9.59 Å². The molecule has 0 aliphatic carbocycles. The van der Waals surface area contributed by atoms with Crippen molar-refractivity contribution in [1.82, 2.24) is 0 Å². The van der Waals surface area contributed by atoms with Gasteiger partial charge in [-0.25, -0.2) is 0 Å². The molecule has 126 valence electrons. The van der Waals surface area contributed by atoms with E-state index < -0.39 is 11.9 Å². The smallest absolute Gasteiger partial charge is 0.310 e. The lowest BCUT2D eigenvalue weighted by molar-refractivity contribution is -0.146. The van der Waals surface area contributed by atoms with Gasteiger partial charge in [0, 0.05) is 5.02 Å². The third kappa shape index (κ3) is 4.99. The largest absolute Gasteiger partial charge is 0.495 e. The van der Waals surface area contributed by atoms with Crippen LogP contribution in [0.15, 0.2) is 42.5 Å². The first-order chi connectivity index (χ1) is 11.5. The van der Waals surface area contributed by atoms with Crippen molar-refractivity contribution in [1.29, 1.82) is 0 Å². The minimum absolute atomic E-state index is 0.0146. The van der Waals surface area contributed by atoms with Crippen molar-refractivity contribution < 1.29 is 19.1 Å². The topological polar surface area (TPSA) is 64.6 Å². The van der Waals surface area contributed by atoms with Gasteiger partial charge in [-0.3, -0.25) is 9.59 Å². The van der Waals surface area contributed by atoms with Gasteiger partial charge in [-0.1, -0.05) is 35.9 Å². The highest BCUT2D eigenvalue weighted by Crippen LogP contribution is 2.25. The van der Waals surface area contributed by atoms with Crippen molar-refractivity contribution in [3.8, 4) is 5.75 Å². The van der Waals surface area contributed by atoms with Crippen LogP contribution in [0.3, 0.4) is 0 Å². The van der Waals surface area contributed by atoms with Crippen LogP contribution in [0.2, 0.25) is 5.02 Å². The van der Waals surface area contributed by atoms with Crippen LogP contribution < -0.4 is 10.1 Å². The van der Waals surface area contributed by atoms with Crippen LogP contribution in [0.1, 0.15) is 11.1 Å². The number of aryl methyl sites for hydroxylation is 1. The fraction of sp³-hybridized carbons (Fsp3) is 0.222. The number of methoxy groups -OCH3 is 1. The minimum atomic E-state index is -0.519. The Hall–Kier alpha value is -2.53. The summed E-state index contributed by atoms with van der Waals surface area (Å²) in [6, 6.07) is 12.4. The van der Waals surface area contributed by atoms with Crippen LogP contribution in [0.4, 0.5) is 5.69 Å². The fourth-order valence-corrected chi connectivity index (χ4v) is 2.30. The molecule has 0 heterocycles. The molecule has 0 bridgehead atoms. The number of hydrogen-bond donors (Lipinski definition) is 1. The Morgan fingerprint density at radius 3 is 2.62 bits per heavy atom. The second-order valence-electron chi connectivity index (χ2n) is 5.18. The standard InChI is InChI=1S/C18H18ClNO4/c1-12-7-8-16(23-2)15(9-12)20-17(21)11-24-18(22)10-13-5-3-4-6-14(13)19/h3-9H,10-11H2,1-2H3,(H,20,21). The highest BCUT2D eigenvalue weighted by molar-refractivity contribution is 6.31. The number of carbonyl (C=O) groups excluding carboxylic acids is 2. The number of rotatable bonds is 6. The van der Waals surface area contributed by atoms with Crippen molar-refractivity contribution in [2.45, 2.75) is 13.3 Å². The second-order valence-corrected chi connectivity index (χ2v) is 5.59. The van der Waals surface area contributed by atoms with Crippen molar-refractivity contribution in [2.24, 2.45) is 0 Å². The Bertz CT molecular complexity index is 746. The van der Waals surface area contributed by atoms with E-state index in [0.29, 0.717) is 22.0 Å². The lowest BCUT2D eigenvalue weighted by Gasteiger charge is -2.11. The van der Waals surface area contributed by atoms with Gasteiger partial charge in [0.05, 0.1) is 19.2 Å². The van der Waals surface area contributed by atoms with Gasteiger partial charge in [0.25, 0.3) is 5.91 Å². The highest BCUT2D eigenvalue weighted by atomic mass is 35.5.